The van der Waals surface area contributed by atoms with Gasteiger partial charge in [0.25, 0.3) is 0 Å². The van der Waals surface area contributed by atoms with E-state index in [0.717, 1.165) is 49.0 Å². The van der Waals surface area contributed by atoms with Crippen LogP contribution in [0.2, 0.25) is 0 Å². The van der Waals surface area contributed by atoms with Crippen molar-refractivity contribution in [3.63, 3.8) is 0 Å². The highest BCUT2D eigenvalue weighted by atomic mass is 32.1. The molecule has 0 unspecified atom stereocenters. The van der Waals surface area contributed by atoms with Gasteiger partial charge in [-0.1, -0.05) is 30.3 Å². The molecule has 28 heavy (non-hydrogen) atoms. The number of piperazine rings is 1. The molecule has 0 N–H and O–H groups in total. The van der Waals surface area contributed by atoms with Crippen LogP contribution >= 0.6 is 11.3 Å². The molecule has 4 rings (SSSR count). The molecule has 0 radical (unpaired) electrons. The first-order chi connectivity index (χ1) is 13.8. The van der Waals surface area contributed by atoms with Crippen molar-refractivity contribution in [1.82, 2.24) is 19.8 Å². The van der Waals surface area contributed by atoms with Gasteiger partial charge in [-0.3, -0.25) is 14.7 Å². The standard InChI is InChI=1S/C22H24N4OS/c27-22(7-6-21-24-20(17-28-21)19-8-10-23-11-9-19)26-14-12-25(13-15-26)16-18-4-2-1-3-5-18/h1-5,8-11,17H,6-7,12-16H2. The van der Waals surface area contributed by atoms with Gasteiger partial charge in [-0.2, -0.15) is 0 Å². The molecule has 0 atom stereocenters. The van der Waals surface area contributed by atoms with E-state index in [2.05, 4.69) is 44.5 Å². The Kier molecular flexibility index (Phi) is 6.09. The second-order valence-corrected chi connectivity index (χ2v) is 7.95. The molecule has 6 heteroatoms. The summed E-state index contributed by atoms with van der Waals surface area (Å²) >= 11 is 1.62. The number of carbonyl (C=O) groups is 1. The summed E-state index contributed by atoms with van der Waals surface area (Å²) in [7, 11) is 0. The molecular weight excluding hydrogens is 368 g/mol. The molecule has 0 bridgehead atoms. The molecule has 0 aliphatic carbocycles. The van der Waals surface area contributed by atoms with Gasteiger partial charge >= 0.3 is 0 Å². The number of benzene rings is 1. The third kappa shape index (κ3) is 4.82. The maximum absolute atomic E-state index is 12.6. The Bertz CT molecular complexity index is 889. The van der Waals surface area contributed by atoms with Crippen LogP contribution < -0.4 is 0 Å². The highest BCUT2D eigenvalue weighted by Gasteiger charge is 2.21. The second-order valence-electron chi connectivity index (χ2n) is 7.00. The number of rotatable bonds is 6. The zero-order chi connectivity index (χ0) is 19.2. The van der Waals surface area contributed by atoms with E-state index in [1.807, 2.05) is 23.1 Å². The Morgan fingerprint density at radius 2 is 1.75 bits per heavy atom. The Hall–Kier alpha value is -2.57. The Morgan fingerprint density at radius 1 is 1.00 bits per heavy atom. The van der Waals surface area contributed by atoms with E-state index in [-0.39, 0.29) is 5.91 Å². The molecule has 0 saturated carbocycles. The van der Waals surface area contributed by atoms with E-state index >= 15 is 0 Å². The third-order valence-corrected chi connectivity index (χ3v) is 5.96. The minimum Gasteiger partial charge on any atom is -0.340 e. The average Bonchev–Trinajstić information content (AvgIpc) is 3.23. The molecule has 1 aliphatic heterocycles. The van der Waals surface area contributed by atoms with Crippen LogP contribution in [-0.4, -0.2) is 51.9 Å². The van der Waals surface area contributed by atoms with Gasteiger partial charge in [-0.25, -0.2) is 4.98 Å². The van der Waals surface area contributed by atoms with Gasteiger partial charge in [0.1, 0.15) is 0 Å². The summed E-state index contributed by atoms with van der Waals surface area (Å²) in [5, 5.41) is 3.07. The lowest BCUT2D eigenvalue weighted by Crippen LogP contribution is -2.48. The number of amides is 1. The number of hydrogen-bond acceptors (Lipinski definition) is 5. The molecule has 5 nitrogen and oxygen atoms in total. The molecule has 144 valence electrons. The van der Waals surface area contributed by atoms with Crippen molar-refractivity contribution >= 4 is 17.2 Å². The largest absolute Gasteiger partial charge is 0.340 e. The third-order valence-electron chi connectivity index (χ3n) is 5.05. The second kappa shape index (κ2) is 9.08. The molecule has 1 fully saturated rings. The van der Waals surface area contributed by atoms with Crippen molar-refractivity contribution < 1.29 is 4.79 Å². The van der Waals surface area contributed by atoms with Crippen molar-refractivity contribution in [3.05, 3.63) is 70.8 Å². The first-order valence-corrected chi connectivity index (χ1v) is 10.5. The van der Waals surface area contributed by atoms with Gasteiger partial charge in [-0.15, -0.1) is 11.3 Å². The SMILES string of the molecule is O=C(CCc1nc(-c2ccncc2)cs1)N1CCN(Cc2ccccc2)CC1. The molecular formula is C22H24N4OS. The van der Waals surface area contributed by atoms with Crippen molar-refractivity contribution in [2.24, 2.45) is 0 Å². The summed E-state index contributed by atoms with van der Waals surface area (Å²) in [4.78, 5) is 25.7. The summed E-state index contributed by atoms with van der Waals surface area (Å²) in [6, 6.07) is 14.4. The number of carbonyl (C=O) groups excluding carboxylic acids is 1. The van der Waals surface area contributed by atoms with Crippen molar-refractivity contribution in [2.75, 3.05) is 26.2 Å². The quantitative estimate of drug-likeness (QED) is 0.644. The molecule has 3 aromatic rings. The normalized spacial score (nSPS) is 14.9. The van der Waals surface area contributed by atoms with E-state index in [1.54, 1.807) is 23.7 Å². The summed E-state index contributed by atoms with van der Waals surface area (Å²) in [6.45, 7) is 4.45. The average molecular weight is 393 g/mol. The number of nitrogens with zero attached hydrogens (tertiary/aromatic N) is 4. The van der Waals surface area contributed by atoms with E-state index in [1.165, 1.54) is 5.56 Å². The van der Waals surface area contributed by atoms with Crippen LogP contribution in [0.15, 0.2) is 60.2 Å². The Morgan fingerprint density at radius 3 is 2.50 bits per heavy atom. The molecule has 0 spiro atoms. The number of aromatic nitrogens is 2. The van der Waals surface area contributed by atoms with E-state index in [9.17, 15) is 4.79 Å². The van der Waals surface area contributed by atoms with Crippen LogP contribution in [0.25, 0.3) is 11.3 Å². The molecule has 1 saturated heterocycles. The monoisotopic (exact) mass is 392 g/mol. The zero-order valence-electron chi connectivity index (χ0n) is 15.8. The van der Waals surface area contributed by atoms with Crippen molar-refractivity contribution in [1.29, 1.82) is 0 Å². The first-order valence-electron chi connectivity index (χ1n) is 9.67. The van der Waals surface area contributed by atoms with Crippen LogP contribution in [0.1, 0.15) is 17.0 Å². The lowest BCUT2D eigenvalue weighted by molar-refractivity contribution is -0.133. The minimum atomic E-state index is 0.236. The van der Waals surface area contributed by atoms with Gasteiger partial charge < -0.3 is 4.90 Å². The minimum absolute atomic E-state index is 0.236. The molecule has 1 amide bonds. The van der Waals surface area contributed by atoms with Gasteiger partial charge in [0.05, 0.1) is 10.7 Å². The van der Waals surface area contributed by atoms with Gasteiger partial charge in [0, 0.05) is 68.9 Å². The van der Waals surface area contributed by atoms with E-state index < -0.39 is 0 Å². The summed E-state index contributed by atoms with van der Waals surface area (Å²) < 4.78 is 0. The lowest BCUT2D eigenvalue weighted by Gasteiger charge is -2.34. The smallest absolute Gasteiger partial charge is 0.223 e. The van der Waals surface area contributed by atoms with E-state index in [4.69, 9.17) is 0 Å². The first kappa shape index (κ1) is 18.8. The predicted molar refractivity (Wildman–Crippen MR) is 112 cm³/mol. The van der Waals surface area contributed by atoms with Gasteiger partial charge in [0.15, 0.2) is 0 Å². The number of pyridine rings is 1. The highest BCUT2D eigenvalue weighted by Crippen LogP contribution is 2.22. The highest BCUT2D eigenvalue weighted by molar-refractivity contribution is 7.09. The fourth-order valence-electron chi connectivity index (χ4n) is 3.45. The Labute approximate surface area is 169 Å². The van der Waals surface area contributed by atoms with Crippen LogP contribution in [0.4, 0.5) is 0 Å². The fourth-order valence-corrected chi connectivity index (χ4v) is 4.26. The summed E-state index contributed by atoms with van der Waals surface area (Å²) in [5.41, 5.74) is 3.36. The molecule has 1 aliphatic rings. The van der Waals surface area contributed by atoms with Crippen LogP contribution in [0.3, 0.4) is 0 Å². The molecule has 1 aromatic carbocycles. The molecule has 3 heterocycles. The number of aryl methyl sites for hydroxylation is 1. The lowest BCUT2D eigenvalue weighted by atomic mass is 10.2. The summed E-state index contributed by atoms with van der Waals surface area (Å²) in [6.07, 6.45) is 4.78. The molecule has 2 aromatic heterocycles. The maximum atomic E-state index is 12.6. The number of thiazole rings is 1. The van der Waals surface area contributed by atoms with Crippen LogP contribution in [-0.2, 0) is 17.8 Å². The predicted octanol–water partition coefficient (Wildman–Crippen LogP) is 3.48. The van der Waals surface area contributed by atoms with Crippen molar-refractivity contribution in [3.8, 4) is 11.3 Å². The zero-order valence-corrected chi connectivity index (χ0v) is 16.6. The van der Waals surface area contributed by atoms with Crippen LogP contribution in [0, 0.1) is 0 Å². The van der Waals surface area contributed by atoms with Crippen LogP contribution in [0.5, 0.6) is 0 Å². The van der Waals surface area contributed by atoms with E-state index in [0.29, 0.717) is 12.8 Å². The fraction of sp³-hybridized carbons (Fsp3) is 0.318. The summed E-state index contributed by atoms with van der Waals surface area (Å²) in [5.74, 6) is 0.236. The maximum Gasteiger partial charge on any atom is 0.223 e. The van der Waals surface area contributed by atoms with Crippen molar-refractivity contribution in [2.45, 2.75) is 19.4 Å². The number of hydrogen-bond donors (Lipinski definition) is 0. The topological polar surface area (TPSA) is 49.3 Å². The van der Waals surface area contributed by atoms with Gasteiger partial charge in [0.2, 0.25) is 5.91 Å². The van der Waals surface area contributed by atoms with Gasteiger partial charge in [-0.05, 0) is 17.7 Å². The Balaban J connectivity index is 1.23.